The Morgan fingerprint density at radius 2 is 1.67 bits per heavy atom. The third kappa shape index (κ3) is 3.60. The van der Waals surface area contributed by atoms with Crippen molar-refractivity contribution in [1.82, 2.24) is 0 Å². The molecular formula is C25H25N3O2. The molecule has 0 fully saturated rings. The van der Waals surface area contributed by atoms with Crippen molar-refractivity contribution in [3.8, 4) is 0 Å². The number of aryl methyl sites for hydroxylation is 2. The summed E-state index contributed by atoms with van der Waals surface area (Å²) in [6.45, 7) is 4.58. The number of amides is 2. The summed E-state index contributed by atoms with van der Waals surface area (Å²) in [5, 5.41) is 1.13. The summed E-state index contributed by atoms with van der Waals surface area (Å²) in [4.78, 5) is 27.8. The number of rotatable bonds is 3. The van der Waals surface area contributed by atoms with Crippen molar-refractivity contribution in [2.75, 3.05) is 16.5 Å². The molecule has 1 heterocycles. The molecule has 0 unspecified atom stereocenters. The van der Waals surface area contributed by atoms with Crippen LogP contribution in [0.15, 0.2) is 66.7 Å². The average molecular weight is 399 g/mol. The highest BCUT2D eigenvalue weighted by atomic mass is 16.2. The van der Waals surface area contributed by atoms with Crippen molar-refractivity contribution in [3.05, 3.63) is 94.5 Å². The lowest BCUT2D eigenvalue weighted by Gasteiger charge is -2.29. The SMILES string of the molecule is Cc1cccc(C(=O)N(N)c2ccc(C(=O)N3CCCc4ccccc43)cc2)c1C. The Morgan fingerprint density at radius 1 is 0.933 bits per heavy atom. The van der Waals surface area contributed by atoms with Gasteiger partial charge < -0.3 is 4.90 Å². The smallest absolute Gasteiger partial charge is 0.272 e. The van der Waals surface area contributed by atoms with Gasteiger partial charge in [-0.2, -0.15) is 0 Å². The molecule has 0 saturated heterocycles. The molecule has 30 heavy (non-hydrogen) atoms. The fourth-order valence-corrected chi connectivity index (χ4v) is 3.89. The molecule has 2 amide bonds. The lowest BCUT2D eigenvalue weighted by molar-refractivity contribution is 0.0979. The number of carbonyl (C=O) groups excluding carboxylic acids is 2. The van der Waals surface area contributed by atoms with Crippen LogP contribution in [0.25, 0.3) is 0 Å². The predicted molar refractivity (Wildman–Crippen MR) is 120 cm³/mol. The topological polar surface area (TPSA) is 66.6 Å². The van der Waals surface area contributed by atoms with Crippen molar-refractivity contribution in [2.45, 2.75) is 26.7 Å². The van der Waals surface area contributed by atoms with Gasteiger partial charge in [-0.25, -0.2) is 10.9 Å². The van der Waals surface area contributed by atoms with Crippen LogP contribution < -0.4 is 15.8 Å². The number of fused-ring (bicyclic) bond motifs is 1. The molecule has 152 valence electrons. The summed E-state index contributed by atoms with van der Waals surface area (Å²) in [5.41, 5.74) is 5.80. The first kappa shape index (κ1) is 19.9. The normalized spacial score (nSPS) is 13.0. The number of para-hydroxylation sites is 1. The molecule has 0 radical (unpaired) electrons. The van der Waals surface area contributed by atoms with E-state index >= 15 is 0 Å². The summed E-state index contributed by atoms with van der Waals surface area (Å²) in [7, 11) is 0. The summed E-state index contributed by atoms with van der Waals surface area (Å²) >= 11 is 0. The molecule has 0 saturated carbocycles. The molecule has 0 atom stereocenters. The van der Waals surface area contributed by atoms with E-state index in [-0.39, 0.29) is 11.8 Å². The Morgan fingerprint density at radius 3 is 2.43 bits per heavy atom. The Bertz CT molecular complexity index is 1110. The van der Waals surface area contributed by atoms with Gasteiger partial charge in [0, 0.05) is 23.4 Å². The largest absolute Gasteiger partial charge is 0.308 e. The number of anilines is 2. The summed E-state index contributed by atoms with van der Waals surface area (Å²) < 4.78 is 0. The van der Waals surface area contributed by atoms with Crippen molar-refractivity contribution in [1.29, 1.82) is 0 Å². The summed E-state index contributed by atoms with van der Waals surface area (Å²) in [6.07, 6.45) is 1.93. The molecule has 1 aliphatic heterocycles. The van der Waals surface area contributed by atoms with E-state index in [2.05, 4.69) is 6.07 Å². The van der Waals surface area contributed by atoms with Crippen LogP contribution in [0.4, 0.5) is 11.4 Å². The van der Waals surface area contributed by atoms with Crippen LogP contribution in [0.3, 0.4) is 0 Å². The lowest BCUT2D eigenvalue weighted by atomic mass is 10.0. The minimum Gasteiger partial charge on any atom is -0.308 e. The van der Waals surface area contributed by atoms with E-state index < -0.39 is 0 Å². The van der Waals surface area contributed by atoms with E-state index in [9.17, 15) is 9.59 Å². The van der Waals surface area contributed by atoms with Crippen LogP contribution in [-0.4, -0.2) is 18.4 Å². The molecule has 5 nitrogen and oxygen atoms in total. The number of nitrogens with zero attached hydrogens (tertiary/aromatic N) is 2. The minimum atomic E-state index is -0.278. The van der Waals surface area contributed by atoms with Gasteiger partial charge in [-0.15, -0.1) is 0 Å². The second-order valence-corrected chi connectivity index (χ2v) is 7.66. The van der Waals surface area contributed by atoms with Crippen LogP contribution in [0, 0.1) is 13.8 Å². The van der Waals surface area contributed by atoms with E-state index in [1.807, 2.05) is 49.1 Å². The van der Waals surface area contributed by atoms with Gasteiger partial charge in [-0.3, -0.25) is 9.59 Å². The van der Waals surface area contributed by atoms with Gasteiger partial charge in [0.1, 0.15) is 0 Å². The Hall–Kier alpha value is -3.44. The second kappa shape index (κ2) is 8.13. The standard InChI is InChI=1S/C25H25N3O2/c1-17-7-5-10-22(18(17)2)25(30)28(26)21-14-12-20(13-15-21)24(29)27-16-6-9-19-8-3-4-11-23(19)27/h3-5,7-8,10-15H,6,9,16,26H2,1-2H3. The average Bonchev–Trinajstić information content (AvgIpc) is 2.79. The fraction of sp³-hybridized carbons (Fsp3) is 0.200. The maximum absolute atomic E-state index is 13.1. The number of benzene rings is 3. The van der Waals surface area contributed by atoms with Gasteiger partial charge in [-0.1, -0.05) is 30.3 Å². The molecule has 0 aromatic heterocycles. The minimum absolute atomic E-state index is 0.0434. The van der Waals surface area contributed by atoms with E-state index in [1.165, 1.54) is 5.56 Å². The zero-order valence-electron chi connectivity index (χ0n) is 17.3. The fourth-order valence-electron chi connectivity index (χ4n) is 3.89. The van der Waals surface area contributed by atoms with Crippen molar-refractivity contribution in [2.24, 2.45) is 5.84 Å². The quantitative estimate of drug-likeness (QED) is 0.403. The maximum Gasteiger partial charge on any atom is 0.272 e. The Kier molecular flexibility index (Phi) is 5.38. The molecule has 4 rings (SSSR count). The molecule has 5 heteroatoms. The first-order valence-electron chi connectivity index (χ1n) is 10.1. The molecule has 0 bridgehead atoms. The van der Waals surface area contributed by atoms with E-state index in [0.29, 0.717) is 23.4 Å². The van der Waals surface area contributed by atoms with Gasteiger partial charge in [0.2, 0.25) is 0 Å². The van der Waals surface area contributed by atoms with E-state index in [4.69, 9.17) is 5.84 Å². The third-order valence-electron chi connectivity index (χ3n) is 5.80. The van der Waals surface area contributed by atoms with Gasteiger partial charge in [0.05, 0.1) is 5.69 Å². The van der Waals surface area contributed by atoms with E-state index in [1.54, 1.807) is 30.3 Å². The van der Waals surface area contributed by atoms with Gasteiger partial charge in [-0.05, 0) is 79.8 Å². The highest BCUT2D eigenvalue weighted by molar-refractivity contribution is 6.08. The molecular weight excluding hydrogens is 374 g/mol. The van der Waals surface area contributed by atoms with Crippen molar-refractivity contribution >= 4 is 23.2 Å². The van der Waals surface area contributed by atoms with Gasteiger partial charge in [0.25, 0.3) is 11.8 Å². The first-order chi connectivity index (χ1) is 14.5. The highest BCUT2D eigenvalue weighted by Gasteiger charge is 2.24. The lowest BCUT2D eigenvalue weighted by Crippen LogP contribution is -2.38. The second-order valence-electron chi connectivity index (χ2n) is 7.66. The molecule has 2 N–H and O–H groups in total. The Labute approximate surface area is 176 Å². The van der Waals surface area contributed by atoms with Gasteiger partial charge in [0.15, 0.2) is 0 Å². The molecule has 3 aromatic carbocycles. The van der Waals surface area contributed by atoms with Crippen LogP contribution in [0.1, 0.15) is 43.8 Å². The third-order valence-corrected chi connectivity index (χ3v) is 5.80. The van der Waals surface area contributed by atoms with Crippen molar-refractivity contribution in [3.63, 3.8) is 0 Å². The first-order valence-corrected chi connectivity index (χ1v) is 10.1. The van der Waals surface area contributed by atoms with Gasteiger partial charge >= 0.3 is 0 Å². The number of carbonyl (C=O) groups is 2. The highest BCUT2D eigenvalue weighted by Crippen LogP contribution is 2.28. The zero-order valence-corrected chi connectivity index (χ0v) is 17.3. The molecule has 3 aromatic rings. The number of nitrogens with two attached hydrogens (primary N) is 1. The zero-order chi connectivity index (χ0) is 21.3. The van der Waals surface area contributed by atoms with Crippen LogP contribution >= 0.6 is 0 Å². The molecule has 0 aliphatic carbocycles. The number of hydrogen-bond donors (Lipinski definition) is 1. The monoisotopic (exact) mass is 399 g/mol. The summed E-state index contributed by atoms with van der Waals surface area (Å²) in [5.74, 6) is 5.79. The predicted octanol–water partition coefficient (Wildman–Crippen LogP) is 4.42. The van der Waals surface area contributed by atoms with Crippen molar-refractivity contribution < 1.29 is 9.59 Å². The van der Waals surface area contributed by atoms with Crippen LogP contribution in [0.5, 0.6) is 0 Å². The molecule has 0 spiro atoms. The number of hydrazine groups is 1. The Balaban J connectivity index is 1.55. The number of hydrogen-bond acceptors (Lipinski definition) is 3. The summed E-state index contributed by atoms with van der Waals surface area (Å²) in [6, 6.07) is 20.5. The van der Waals surface area contributed by atoms with E-state index in [0.717, 1.165) is 34.7 Å². The van der Waals surface area contributed by atoms with Crippen LogP contribution in [-0.2, 0) is 6.42 Å². The molecule has 1 aliphatic rings. The van der Waals surface area contributed by atoms with Crippen LogP contribution in [0.2, 0.25) is 0 Å². The maximum atomic E-state index is 13.1.